The van der Waals surface area contributed by atoms with Crippen molar-refractivity contribution in [1.29, 1.82) is 0 Å². The normalized spacial score (nSPS) is 11.5. The van der Waals surface area contributed by atoms with E-state index in [9.17, 15) is 13.6 Å². The molecule has 2 aromatic heterocycles. The first kappa shape index (κ1) is 17.1. The number of carbonyl (C=O) groups excluding carboxylic acids is 1. The van der Waals surface area contributed by atoms with E-state index in [-0.39, 0.29) is 12.2 Å². The lowest BCUT2D eigenvalue weighted by atomic mass is 10.2. The van der Waals surface area contributed by atoms with Gasteiger partial charge in [-0.3, -0.25) is 4.79 Å². The fourth-order valence-electron chi connectivity index (χ4n) is 2.03. The second-order valence-electron chi connectivity index (χ2n) is 5.42. The van der Waals surface area contributed by atoms with Crippen LogP contribution in [0.4, 0.5) is 8.78 Å². The first-order valence-electron chi connectivity index (χ1n) is 7.35. The van der Waals surface area contributed by atoms with Gasteiger partial charge >= 0.3 is 0 Å². The zero-order valence-electron chi connectivity index (χ0n) is 13.2. The largest absolute Gasteiger partial charge is 0.344 e. The van der Waals surface area contributed by atoms with E-state index >= 15 is 0 Å². The maximum Gasteiger partial charge on any atom is 0.273 e. The highest BCUT2D eigenvalue weighted by molar-refractivity contribution is 7.14. The number of carbonyl (C=O) groups is 1. The molecule has 0 saturated heterocycles. The predicted molar refractivity (Wildman–Crippen MR) is 87.2 cm³/mol. The number of aromatic nitrogens is 5. The van der Waals surface area contributed by atoms with E-state index in [1.54, 1.807) is 0 Å². The molecule has 0 saturated carbocycles. The van der Waals surface area contributed by atoms with Crippen LogP contribution in [0.3, 0.4) is 0 Å². The molecule has 130 valence electrons. The number of hydrogen-bond acceptors (Lipinski definition) is 6. The van der Waals surface area contributed by atoms with Crippen molar-refractivity contribution in [3.63, 3.8) is 0 Å². The van der Waals surface area contributed by atoms with Gasteiger partial charge in [0.15, 0.2) is 5.69 Å². The molecule has 0 bridgehead atoms. The van der Waals surface area contributed by atoms with E-state index in [2.05, 4.69) is 25.8 Å². The number of alkyl halides is 2. The van der Waals surface area contributed by atoms with Gasteiger partial charge in [0, 0.05) is 12.5 Å². The molecule has 3 rings (SSSR count). The minimum absolute atomic E-state index is 0.0305. The zero-order valence-corrected chi connectivity index (χ0v) is 14.0. The Balaban J connectivity index is 1.59. The van der Waals surface area contributed by atoms with E-state index < -0.39 is 18.4 Å². The van der Waals surface area contributed by atoms with Crippen molar-refractivity contribution in [1.82, 2.24) is 30.5 Å². The monoisotopic (exact) mass is 364 g/mol. The molecule has 1 amide bonds. The van der Waals surface area contributed by atoms with Gasteiger partial charge in [-0.2, -0.15) is 0 Å². The second-order valence-corrected chi connectivity index (χ2v) is 6.48. The van der Waals surface area contributed by atoms with Crippen LogP contribution >= 0.6 is 11.3 Å². The van der Waals surface area contributed by atoms with Crippen molar-refractivity contribution in [2.45, 2.75) is 25.9 Å². The predicted octanol–water partition coefficient (Wildman–Crippen LogP) is 2.38. The quantitative estimate of drug-likeness (QED) is 0.726. The Morgan fingerprint density at radius 1 is 1.24 bits per heavy atom. The number of halogens is 2. The van der Waals surface area contributed by atoms with Crippen LogP contribution in [-0.4, -0.2) is 37.0 Å². The molecule has 0 aliphatic rings. The SMILES string of the molecule is CC(F)(F)Cn1cc(C(=O)NCc2nnc(-c3ccccc3)s2)nn1. The van der Waals surface area contributed by atoms with Gasteiger partial charge in [0.05, 0.1) is 12.7 Å². The number of rotatable bonds is 6. The van der Waals surface area contributed by atoms with Gasteiger partial charge in [-0.25, -0.2) is 13.5 Å². The molecule has 0 aliphatic heterocycles. The summed E-state index contributed by atoms with van der Waals surface area (Å²) in [4.78, 5) is 12.0. The smallest absolute Gasteiger partial charge is 0.273 e. The van der Waals surface area contributed by atoms with Crippen LogP contribution in [0.1, 0.15) is 22.4 Å². The van der Waals surface area contributed by atoms with Crippen molar-refractivity contribution in [3.8, 4) is 10.6 Å². The van der Waals surface area contributed by atoms with Crippen molar-refractivity contribution >= 4 is 17.2 Å². The van der Waals surface area contributed by atoms with E-state index in [1.165, 1.54) is 17.5 Å². The number of amides is 1. The maximum absolute atomic E-state index is 12.9. The summed E-state index contributed by atoms with van der Waals surface area (Å²) < 4.78 is 26.8. The minimum Gasteiger partial charge on any atom is -0.344 e. The highest BCUT2D eigenvalue weighted by Crippen LogP contribution is 2.22. The van der Waals surface area contributed by atoms with Crippen LogP contribution in [0.2, 0.25) is 0 Å². The van der Waals surface area contributed by atoms with Crippen molar-refractivity contribution in [2.75, 3.05) is 0 Å². The first-order chi connectivity index (χ1) is 11.9. The summed E-state index contributed by atoms with van der Waals surface area (Å²) >= 11 is 1.36. The highest BCUT2D eigenvalue weighted by Gasteiger charge is 2.23. The summed E-state index contributed by atoms with van der Waals surface area (Å²) in [6.45, 7) is 0.304. The van der Waals surface area contributed by atoms with Crippen LogP contribution in [0.5, 0.6) is 0 Å². The summed E-state index contributed by atoms with van der Waals surface area (Å²) in [6, 6.07) is 9.56. The van der Waals surface area contributed by atoms with Gasteiger partial charge in [0.1, 0.15) is 16.6 Å². The average molecular weight is 364 g/mol. The molecule has 25 heavy (non-hydrogen) atoms. The van der Waals surface area contributed by atoms with Crippen molar-refractivity contribution in [3.05, 3.63) is 47.2 Å². The summed E-state index contributed by atoms with van der Waals surface area (Å²) in [5.74, 6) is -3.44. The molecule has 0 atom stereocenters. The van der Waals surface area contributed by atoms with Crippen LogP contribution < -0.4 is 5.32 Å². The van der Waals surface area contributed by atoms with Crippen LogP contribution in [0.15, 0.2) is 36.5 Å². The number of hydrogen-bond donors (Lipinski definition) is 1. The Kier molecular flexibility index (Phi) is 4.79. The highest BCUT2D eigenvalue weighted by atomic mass is 32.1. The lowest BCUT2D eigenvalue weighted by Crippen LogP contribution is -2.23. The standard InChI is InChI=1S/C15H14F2N6OS/c1-15(16,17)9-23-8-11(19-22-23)13(24)18-7-12-20-21-14(25-12)10-5-3-2-4-6-10/h2-6,8H,7,9H2,1H3,(H,18,24). The number of benzene rings is 1. The molecule has 1 N–H and O–H groups in total. The third-order valence-electron chi connectivity index (χ3n) is 3.10. The van der Waals surface area contributed by atoms with E-state index in [0.29, 0.717) is 5.01 Å². The molecule has 10 heteroatoms. The third kappa shape index (κ3) is 4.63. The van der Waals surface area contributed by atoms with Gasteiger partial charge in [-0.1, -0.05) is 46.9 Å². The average Bonchev–Trinajstić information content (AvgIpc) is 3.21. The number of nitrogens with zero attached hydrogens (tertiary/aromatic N) is 5. The molecule has 0 aliphatic carbocycles. The molecular formula is C15H14F2N6OS. The molecule has 0 unspecified atom stereocenters. The molecule has 7 nitrogen and oxygen atoms in total. The summed E-state index contributed by atoms with van der Waals surface area (Å²) in [7, 11) is 0. The Labute approximate surface area is 145 Å². The Morgan fingerprint density at radius 2 is 2.00 bits per heavy atom. The molecule has 2 heterocycles. The Morgan fingerprint density at radius 3 is 2.72 bits per heavy atom. The van der Waals surface area contributed by atoms with Crippen LogP contribution in [0.25, 0.3) is 10.6 Å². The molecule has 0 spiro atoms. The Hall–Kier alpha value is -2.75. The molecule has 0 radical (unpaired) electrons. The lowest BCUT2D eigenvalue weighted by molar-refractivity contribution is 0.0000754. The molecule has 3 aromatic rings. The van der Waals surface area contributed by atoms with E-state index in [4.69, 9.17) is 0 Å². The van der Waals surface area contributed by atoms with Crippen LogP contribution in [-0.2, 0) is 13.1 Å². The van der Waals surface area contributed by atoms with Gasteiger partial charge in [0.2, 0.25) is 0 Å². The zero-order chi connectivity index (χ0) is 17.9. The Bertz CT molecular complexity index is 858. The van der Waals surface area contributed by atoms with Gasteiger partial charge in [-0.05, 0) is 0 Å². The van der Waals surface area contributed by atoms with E-state index in [1.807, 2.05) is 30.3 Å². The molecule has 1 aromatic carbocycles. The number of nitrogens with one attached hydrogen (secondary N) is 1. The summed E-state index contributed by atoms with van der Waals surface area (Å²) in [6.07, 6.45) is 1.18. The lowest BCUT2D eigenvalue weighted by Gasteiger charge is -2.08. The van der Waals surface area contributed by atoms with Gasteiger partial charge in [0.25, 0.3) is 11.8 Å². The molecular weight excluding hydrogens is 350 g/mol. The molecule has 0 fully saturated rings. The first-order valence-corrected chi connectivity index (χ1v) is 8.16. The van der Waals surface area contributed by atoms with Crippen LogP contribution in [0, 0.1) is 0 Å². The van der Waals surface area contributed by atoms with Gasteiger partial charge in [-0.15, -0.1) is 15.3 Å². The van der Waals surface area contributed by atoms with E-state index in [0.717, 1.165) is 22.2 Å². The fraction of sp³-hybridized carbons (Fsp3) is 0.267. The fourth-order valence-corrected chi connectivity index (χ4v) is 2.82. The third-order valence-corrected chi connectivity index (χ3v) is 4.07. The maximum atomic E-state index is 12.9. The van der Waals surface area contributed by atoms with Crippen molar-refractivity contribution in [2.24, 2.45) is 0 Å². The van der Waals surface area contributed by atoms with Gasteiger partial charge < -0.3 is 5.32 Å². The van der Waals surface area contributed by atoms with Crippen molar-refractivity contribution < 1.29 is 13.6 Å². The topological polar surface area (TPSA) is 85.6 Å². The summed E-state index contributed by atoms with van der Waals surface area (Å²) in [5, 5.41) is 19.2. The minimum atomic E-state index is -2.93. The summed E-state index contributed by atoms with van der Waals surface area (Å²) in [5.41, 5.74) is 0.915. The second kappa shape index (κ2) is 7.01.